The van der Waals surface area contributed by atoms with Gasteiger partial charge >= 0.3 is 0 Å². The maximum atomic E-state index is 12.9. The fraction of sp³-hybridized carbons (Fsp3) is 0.560. The van der Waals surface area contributed by atoms with Gasteiger partial charge in [-0.1, -0.05) is 55.2 Å². The fourth-order valence-corrected chi connectivity index (χ4v) is 7.84. The number of nitrogens with zero attached hydrogens (tertiary/aromatic N) is 1. The number of benzene rings is 1. The third kappa shape index (κ3) is 4.34. The van der Waals surface area contributed by atoms with Crippen LogP contribution in [-0.2, 0) is 16.0 Å². The van der Waals surface area contributed by atoms with Gasteiger partial charge in [0.05, 0.1) is 4.91 Å². The molecule has 6 rings (SSSR count). The van der Waals surface area contributed by atoms with Crippen LogP contribution >= 0.6 is 24.0 Å². The van der Waals surface area contributed by atoms with Gasteiger partial charge in [-0.15, -0.1) is 0 Å². The number of thioether (sulfide) groups is 1. The van der Waals surface area contributed by atoms with Crippen LogP contribution in [0.2, 0.25) is 0 Å². The van der Waals surface area contributed by atoms with Gasteiger partial charge in [0.2, 0.25) is 5.91 Å². The van der Waals surface area contributed by atoms with Crippen LogP contribution in [0.25, 0.3) is 6.08 Å². The molecule has 4 aliphatic carbocycles. The minimum absolute atomic E-state index is 0.0197. The van der Waals surface area contributed by atoms with Crippen molar-refractivity contribution in [1.29, 1.82) is 0 Å². The van der Waals surface area contributed by atoms with E-state index >= 15 is 0 Å². The summed E-state index contributed by atoms with van der Waals surface area (Å²) in [7, 11) is 0. The first-order chi connectivity index (χ1) is 14.9. The Kier molecular flexibility index (Phi) is 5.72. The maximum Gasteiger partial charge on any atom is 0.266 e. The van der Waals surface area contributed by atoms with Gasteiger partial charge in [0.25, 0.3) is 5.91 Å². The molecule has 0 unspecified atom stereocenters. The minimum atomic E-state index is -0.0860. The van der Waals surface area contributed by atoms with Crippen LogP contribution in [-0.4, -0.2) is 33.1 Å². The van der Waals surface area contributed by atoms with Gasteiger partial charge in [0, 0.05) is 18.5 Å². The molecule has 0 aromatic heterocycles. The molecule has 0 radical (unpaired) electrons. The molecule has 4 bridgehead atoms. The Hall–Kier alpha value is -1.66. The molecule has 0 atom stereocenters. The molecular formula is C25H30N2O2S2. The summed E-state index contributed by atoms with van der Waals surface area (Å²) in [5, 5.41) is 3.40. The monoisotopic (exact) mass is 454 g/mol. The molecule has 1 N–H and O–H groups in total. The Morgan fingerprint density at radius 3 is 2.35 bits per heavy atom. The molecule has 5 aliphatic rings. The van der Waals surface area contributed by atoms with E-state index in [2.05, 4.69) is 24.4 Å². The van der Waals surface area contributed by atoms with E-state index in [1.165, 1.54) is 36.6 Å². The van der Waals surface area contributed by atoms with Crippen LogP contribution < -0.4 is 5.32 Å². The molecule has 2 amide bonds. The second kappa shape index (κ2) is 8.36. The zero-order valence-corrected chi connectivity index (χ0v) is 19.7. The first-order valence-electron chi connectivity index (χ1n) is 11.6. The summed E-state index contributed by atoms with van der Waals surface area (Å²) >= 11 is 6.78. The number of carbonyl (C=O) groups excluding carboxylic acids is 2. The van der Waals surface area contributed by atoms with Crippen molar-refractivity contribution in [2.75, 3.05) is 6.54 Å². The highest BCUT2D eigenvalue weighted by Crippen LogP contribution is 2.55. The molecular weight excluding hydrogens is 424 g/mol. The van der Waals surface area contributed by atoms with E-state index < -0.39 is 0 Å². The summed E-state index contributed by atoms with van der Waals surface area (Å²) in [5.74, 6) is 2.38. The number of hydrogen-bond acceptors (Lipinski definition) is 4. The van der Waals surface area contributed by atoms with Crippen LogP contribution in [0.4, 0.5) is 0 Å². The lowest BCUT2D eigenvalue weighted by atomic mass is 9.53. The first kappa shape index (κ1) is 21.2. The molecule has 1 heterocycles. The second-order valence-electron chi connectivity index (χ2n) is 9.92. The maximum absolute atomic E-state index is 12.9. The number of amides is 2. The van der Waals surface area contributed by atoms with Gasteiger partial charge in [0.15, 0.2) is 0 Å². The third-order valence-electron chi connectivity index (χ3n) is 7.56. The topological polar surface area (TPSA) is 49.4 Å². The number of rotatable bonds is 6. The van der Waals surface area contributed by atoms with Gasteiger partial charge in [-0.2, -0.15) is 0 Å². The van der Waals surface area contributed by atoms with E-state index in [0.717, 1.165) is 49.0 Å². The Labute approximate surface area is 194 Å². The van der Waals surface area contributed by atoms with E-state index in [1.807, 2.05) is 18.2 Å². The zero-order valence-electron chi connectivity index (χ0n) is 18.1. The van der Waals surface area contributed by atoms with Crippen LogP contribution in [0.3, 0.4) is 0 Å². The molecule has 1 aromatic rings. The van der Waals surface area contributed by atoms with Crippen molar-refractivity contribution in [2.24, 2.45) is 17.8 Å². The van der Waals surface area contributed by atoms with Crippen LogP contribution in [0.15, 0.2) is 29.2 Å². The number of carbonyl (C=O) groups is 2. The number of hydrogen-bond donors (Lipinski definition) is 1. The predicted octanol–water partition coefficient (Wildman–Crippen LogP) is 4.93. The lowest BCUT2D eigenvalue weighted by molar-refractivity contribution is -0.127. The Morgan fingerprint density at radius 1 is 1.16 bits per heavy atom. The highest BCUT2D eigenvalue weighted by atomic mass is 32.2. The predicted molar refractivity (Wildman–Crippen MR) is 129 cm³/mol. The van der Waals surface area contributed by atoms with E-state index in [4.69, 9.17) is 12.2 Å². The number of thiocarbonyl (C=S) groups is 1. The number of nitrogens with one attached hydrogen (secondary N) is 1. The molecule has 164 valence electrons. The highest BCUT2D eigenvalue weighted by molar-refractivity contribution is 8.26. The average molecular weight is 455 g/mol. The van der Waals surface area contributed by atoms with Gasteiger partial charge in [0.1, 0.15) is 4.32 Å². The SMILES string of the molecule is CCc1ccc(/C=C2/SC(=S)N(CCC(=O)NC34CC5CC(CC(C5)C3)C4)C2=O)cc1. The molecule has 5 fully saturated rings. The summed E-state index contributed by atoms with van der Waals surface area (Å²) in [6.07, 6.45) is 10.7. The van der Waals surface area contributed by atoms with Gasteiger partial charge in [-0.25, -0.2) is 0 Å². The van der Waals surface area contributed by atoms with E-state index in [9.17, 15) is 9.59 Å². The quantitative estimate of drug-likeness (QED) is 0.489. The van der Waals surface area contributed by atoms with Crippen molar-refractivity contribution in [3.05, 3.63) is 40.3 Å². The van der Waals surface area contributed by atoms with E-state index in [1.54, 1.807) is 4.90 Å². The Bertz CT molecular complexity index is 902. The van der Waals surface area contributed by atoms with Gasteiger partial charge < -0.3 is 5.32 Å². The van der Waals surface area contributed by atoms with Crippen molar-refractivity contribution < 1.29 is 9.59 Å². The third-order valence-corrected chi connectivity index (χ3v) is 8.94. The van der Waals surface area contributed by atoms with Crippen LogP contribution in [0.5, 0.6) is 0 Å². The molecule has 0 spiro atoms. The lowest BCUT2D eigenvalue weighted by Gasteiger charge is -2.57. The zero-order chi connectivity index (χ0) is 21.6. The van der Waals surface area contributed by atoms with Crippen molar-refractivity contribution in [1.82, 2.24) is 10.2 Å². The van der Waals surface area contributed by atoms with Crippen molar-refractivity contribution in [3.8, 4) is 0 Å². The standard InChI is InChI=1S/C25H30N2O2S2/c1-2-16-3-5-17(6-4-16)12-21-23(29)27(24(30)31-21)8-7-22(28)26-25-13-18-9-19(14-25)11-20(10-18)15-25/h3-6,12,18-20H,2,7-11,13-15H2,1H3,(H,26,28)/b21-12+. The second-order valence-corrected chi connectivity index (χ2v) is 11.6. The normalized spacial score (nSPS) is 32.9. The van der Waals surface area contributed by atoms with Crippen molar-refractivity contribution in [3.63, 3.8) is 0 Å². The van der Waals surface area contributed by atoms with Crippen LogP contribution in [0, 0.1) is 17.8 Å². The fourth-order valence-electron chi connectivity index (χ4n) is 6.53. The first-order valence-corrected chi connectivity index (χ1v) is 12.8. The van der Waals surface area contributed by atoms with Gasteiger partial charge in [-0.3, -0.25) is 14.5 Å². The minimum Gasteiger partial charge on any atom is -0.351 e. The summed E-state index contributed by atoms with van der Waals surface area (Å²) in [6, 6.07) is 8.23. The smallest absolute Gasteiger partial charge is 0.266 e. The molecule has 1 saturated heterocycles. The Morgan fingerprint density at radius 2 is 1.77 bits per heavy atom. The lowest BCUT2D eigenvalue weighted by Crippen LogP contribution is -2.60. The largest absolute Gasteiger partial charge is 0.351 e. The molecule has 4 saturated carbocycles. The number of aryl methyl sites for hydroxylation is 1. The highest BCUT2D eigenvalue weighted by Gasteiger charge is 2.51. The molecule has 1 aliphatic heterocycles. The van der Waals surface area contributed by atoms with Gasteiger partial charge in [-0.05, 0) is 79.9 Å². The average Bonchev–Trinajstić information content (AvgIpc) is 2.98. The summed E-state index contributed by atoms with van der Waals surface area (Å²) in [4.78, 5) is 27.9. The van der Waals surface area contributed by atoms with E-state index in [-0.39, 0.29) is 17.4 Å². The molecule has 4 nitrogen and oxygen atoms in total. The summed E-state index contributed by atoms with van der Waals surface area (Å²) in [5.41, 5.74) is 2.29. The van der Waals surface area contributed by atoms with Crippen molar-refractivity contribution in [2.45, 2.75) is 63.8 Å². The molecule has 31 heavy (non-hydrogen) atoms. The summed E-state index contributed by atoms with van der Waals surface area (Å²) < 4.78 is 0.545. The van der Waals surface area contributed by atoms with Crippen LogP contribution in [0.1, 0.15) is 63.0 Å². The molecule has 1 aromatic carbocycles. The summed E-state index contributed by atoms with van der Waals surface area (Å²) in [6.45, 7) is 2.48. The van der Waals surface area contributed by atoms with E-state index in [0.29, 0.717) is 22.2 Å². The molecule has 6 heteroatoms. The Balaban J connectivity index is 1.18. The van der Waals surface area contributed by atoms with Crippen molar-refractivity contribution >= 4 is 46.2 Å².